The molecular weight excluding hydrogens is 184 g/mol. The lowest BCUT2D eigenvalue weighted by Crippen LogP contribution is -2.24. The summed E-state index contributed by atoms with van der Waals surface area (Å²) in [5.74, 6) is 0. The Kier molecular flexibility index (Phi) is 2.76. The van der Waals surface area contributed by atoms with Crippen LogP contribution in [0.15, 0.2) is 6.33 Å². The largest absolute Gasteiger partial charge is 0.241 e. The predicted octanol–water partition coefficient (Wildman–Crippen LogP) is 2.94. The van der Waals surface area contributed by atoms with Crippen LogP contribution in [0.5, 0.6) is 0 Å². The Balaban J connectivity index is 2.36. The predicted molar refractivity (Wildman–Crippen MR) is 61.8 cm³/mol. The normalized spacial score (nSPS) is 18.6. The van der Waals surface area contributed by atoms with Gasteiger partial charge in [-0.3, -0.25) is 0 Å². The molecular formula is C13H20N2. The van der Waals surface area contributed by atoms with Crippen molar-refractivity contribution in [3.05, 3.63) is 23.3 Å². The standard InChI is InChI=1S/C13H20N2/c1-4-5-11-10-8-13(2,3)7-6-12(10)15-9-14-11/h9H,4-8H2,1-3H3. The van der Waals surface area contributed by atoms with E-state index >= 15 is 0 Å². The molecule has 0 atom stereocenters. The van der Waals surface area contributed by atoms with Gasteiger partial charge in [0.1, 0.15) is 6.33 Å². The lowest BCUT2D eigenvalue weighted by Gasteiger charge is -2.31. The van der Waals surface area contributed by atoms with Gasteiger partial charge in [0, 0.05) is 11.4 Å². The molecule has 0 saturated carbocycles. The van der Waals surface area contributed by atoms with Crippen LogP contribution >= 0.6 is 0 Å². The summed E-state index contributed by atoms with van der Waals surface area (Å²) in [6, 6.07) is 0. The second-order valence-electron chi connectivity index (χ2n) is 5.34. The Morgan fingerprint density at radius 3 is 2.87 bits per heavy atom. The van der Waals surface area contributed by atoms with Gasteiger partial charge in [-0.15, -0.1) is 0 Å². The van der Waals surface area contributed by atoms with Gasteiger partial charge < -0.3 is 0 Å². The molecule has 82 valence electrons. The van der Waals surface area contributed by atoms with E-state index in [9.17, 15) is 0 Å². The Hall–Kier alpha value is -0.920. The minimum absolute atomic E-state index is 0.431. The molecule has 0 radical (unpaired) electrons. The third kappa shape index (κ3) is 2.19. The summed E-state index contributed by atoms with van der Waals surface area (Å²) in [5.41, 5.74) is 4.46. The quantitative estimate of drug-likeness (QED) is 0.740. The van der Waals surface area contributed by atoms with Crippen molar-refractivity contribution in [3.8, 4) is 0 Å². The SMILES string of the molecule is CCCc1ncnc2c1CC(C)(C)CC2. The first-order valence-corrected chi connectivity index (χ1v) is 5.94. The molecule has 1 aliphatic rings. The second-order valence-corrected chi connectivity index (χ2v) is 5.34. The Morgan fingerprint density at radius 2 is 2.13 bits per heavy atom. The molecule has 0 fully saturated rings. The summed E-state index contributed by atoms with van der Waals surface area (Å²) in [6.45, 7) is 6.90. The molecule has 0 amide bonds. The molecule has 0 N–H and O–H groups in total. The van der Waals surface area contributed by atoms with E-state index in [1.54, 1.807) is 6.33 Å². The van der Waals surface area contributed by atoms with Crippen molar-refractivity contribution >= 4 is 0 Å². The molecule has 2 heteroatoms. The van der Waals surface area contributed by atoms with Gasteiger partial charge >= 0.3 is 0 Å². The molecule has 0 saturated heterocycles. The maximum atomic E-state index is 4.44. The molecule has 2 nitrogen and oxygen atoms in total. The van der Waals surface area contributed by atoms with Crippen LogP contribution in [0.1, 0.15) is 50.6 Å². The van der Waals surface area contributed by atoms with E-state index in [4.69, 9.17) is 0 Å². The zero-order valence-electron chi connectivity index (χ0n) is 10.0. The van der Waals surface area contributed by atoms with Gasteiger partial charge in [0.2, 0.25) is 0 Å². The van der Waals surface area contributed by atoms with Crippen molar-refractivity contribution in [2.45, 2.75) is 52.9 Å². The third-order valence-corrected chi connectivity index (χ3v) is 3.30. The lowest BCUT2D eigenvalue weighted by atomic mass is 9.75. The molecule has 1 aromatic heterocycles. The van der Waals surface area contributed by atoms with Crippen molar-refractivity contribution in [2.75, 3.05) is 0 Å². The van der Waals surface area contributed by atoms with E-state index < -0.39 is 0 Å². The maximum Gasteiger partial charge on any atom is 0.115 e. The van der Waals surface area contributed by atoms with E-state index in [1.807, 2.05) is 0 Å². The van der Waals surface area contributed by atoms with Crippen molar-refractivity contribution in [1.29, 1.82) is 0 Å². The summed E-state index contributed by atoms with van der Waals surface area (Å²) >= 11 is 0. The molecule has 0 unspecified atom stereocenters. The van der Waals surface area contributed by atoms with Crippen LogP contribution in [0, 0.1) is 5.41 Å². The highest BCUT2D eigenvalue weighted by Gasteiger charge is 2.27. The van der Waals surface area contributed by atoms with Gasteiger partial charge in [0.15, 0.2) is 0 Å². The number of nitrogens with zero attached hydrogens (tertiary/aromatic N) is 2. The van der Waals surface area contributed by atoms with Crippen LogP contribution in [0.2, 0.25) is 0 Å². The zero-order chi connectivity index (χ0) is 10.9. The van der Waals surface area contributed by atoms with Crippen molar-refractivity contribution < 1.29 is 0 Å². The average molecular weight is 204 g/mol. The van der Waals surface area contributed by atoms with Crippen LogP contribution in [0.3, 0.4) is 0 Å². The molecule has 0 spiro atoms. The van der Waals surface area contributed by atoms with Crippen molar-refractivity contribution in [1.82, 2.24) is 9.97 Å². The Morgan fingerprint density at radius 1 is 1.33 bits per heavy atom. The minimum atomic E-state index is 0.431. The van der Waals surface area contributed by atoms with Gasteiger partial charge in [-0.25, -0.2) is 9.97 Å². The fourth-order valence-corrected chi connectivity index (χ4v) is 2.39. The lowest BCUT2D eigenvalue weighted by molar-refractivity contribution is 0.310. The molecule has 0 bridgehead atoms. The van der Waals surface area contributed by atoms with E-state index in [1.165, 1.54) is 29.8 Å². The summed E-state index contributed by atoms with van der Waals surface area (Å²) in [4.78, 5) is 8.85. The average Bonchev–Trinajstić information content (AvgIpc) is 2.18. The molecule has 1 aliphatic carbocycles. The number of rotatable bonds is 2. The Labute approximate surface area is 92.1 Å². The van der Waals surface area contributed by atoms with Gasteiger partial charge in [-0.2, -0.15) is 0 Å². The molecule has 1 aromatic rings. The monoisotopic (exact) mass is 204 g/mol. The molecule has 0 aliphatic heterocycles. The minimum Gasteiger partial charge on any atom is -0.241 e. The molecule has 0 aromatic carbocycles. The van der Waals surface area contributed by atoms with Crippen LogP contribution in [-0.2, 0) is 19.3 Å². The van der Waals surface area contributed by atoms with Crippen LogP contribution in [0.25, 0.3) is 0 Å². The smallest absolute Gasteiger partial charge is 0.115 e. The third-order valence-electron chi connectivity index (χ3n) is 3.30. The summed E-state index contributed by atoms with van der Waals surface area (Å²) in [6.07, 6.45) is 7.54. The molecule has 2 rings (SSSR count). The number of hydrogen-bond acceptors (Lipinski definition) is 2. The first-order valence-electron chi connectivity index (χ1n) is 5.94. The number of fused-ring (bicyclic) bond motifs is 1. The number of aryl methyl sites for hydroxylation is 2. The van der Waals surface area contributed by atoms with E-state index in [0.717, 1.165) is 19.3 Å². The van der Waals surface area contributed by atoms with Gasteiger partial charge in [-0.1, -0.05) is 27.2 Å². The van der Waals surface area contributed by atoms with E-state index in [2.05, 4.69) is 30.7 Å². The molecule has 1 heterocycles. The highest BCUT2D eigenvalue weighted by molar-refractivity contribution is 5.28. The summed E-state index contributed by atoms with van der Waals surface area (Å²) in [5, 5.41) is 0. The Bertz CT molecular complexity index is 356. The highest BCUT2D eigenvalue weighted by atomic mass is 14.8. The number of aromatic nitrogens is 2. The highest BCUT2D eigenvalue weighted by Crippen LogP contribution is 2.34. The zero-order valence-corrected chi connectivity index (χ0v) is 10.0. The topological polar surface area (TPSA) is 25.8 Å². The molecule has 15 heavy (non-hydrogen) atoms. The number of hydrogen-bond donors (Lipinski definition) is 0. The van der Waals surface area contributed by atoms with Crippen molar-refractivity contribution in [3.63, 3.8) is 0 Å². The second kappa shape index (κ2) is 3.92. The van der Waals surface area contributed by atoms with Gasteiger partial charge in [0.25, 0.3) is 0 Å². The van der Waals surface area contributed by atoms with Gasteiger partial charge in [0.05, 0.1) is 0 Å². The maximum absolute atomic E-state index is 4.44. The van der Waals surface area contributed by atoms with Gasteiger partial charge in [-0.05, 0) is 36.7 Å². The first-order chi connectivity index (χ1) is 7.12. The van der Waals surface area contributed by atoms with Crippen LogP contribution in [0.4, 0.5) is 0 Å². The first kappa shape index (κ1) is 10.6. The summed E-state index contributed by atoms with van der Waals surface area (Å²) in [7, 11) is 0. The van der Waals surface area contributed by atoms with E-state index in [0.29, 0.717) is 5.41 Å². The van der Waals surface area contributed by atoms with Crippen LogP contribution in [-0.4, -0.2) is 9.97 Å². The van der Waals surface area contributed by atoms with E-state index in [-0.39, 0.29) is 0 Å². The summed E-state index contributed by atoms with van der Waals surface area (Å²) < 4.78 is 0. The fourth-order valence-electron chi connectivity index (χ4n) is 2.39. The van der Waals surface area contributed by atoms with Crippen LogP contribution < -0.4 is 0 Å². The van der Waals surface area contributed by atoms with Crippen molar-refractivity contribution in [2.24, 2.45) is 5.41 Å². The fraction of sp³-hybridized carbons (Fsp3) is 0.692.